The summed E-state index contributed by atoms with van der Waals surface area (Å²) in [6.45, 7) is 4.22. The third-order valence-corrected chi connectivity index (χ3v) is 6.41. The molecule has 2 aromatic carbocycles. The Hall–Kier alpha value is -3.48. The van der Waals surface area contributed by atoms with E-state index in [1.807, 2.05) is 42.5 Å². The van der Waals surface area contributed by atoms with Crippen LogP contribution in [0.4, 0.5) is 4.39 Å². The van der Waals surface area contributed by atoms with Gasteiger partial charge in [-0.25, -0.2) is 4.39 Å². The van der Waals surface area contributed by atoms with E-state index in [1.54, 1.807) is 12.4 Å². The molecule has 34 heavy (non-hydrogen) atoms. The Balaban J connectivity index is 1.52. The van der Waals surface area contributed by atoms with Gasteiger partial charge in [0.15, 0.2) is 0 Å². The summed E-state index contributed by atoms with van der Waals surface area (Å²) in [7, 11) is 0. The summed E-state index contributed by atoms with van der Waals surface area (Å²) in [5.74, 6) is -0.155. The van der Waals surface area contributed by atoms with Crippen LogP contribution in [-0.4, -0.2) is 45.7 Å². The van der Waals surface area contributed by atoms with Crippen molar-refractivity contribution in [3.8, 4) is 0 Å². The molecule has 1 aromatic heterocycles. The van der Waals surface area contributed by atoms with Gasteiger partial charge < -0.3 is 10.2 Å². The third-order valence-electron chi connectivity index (χ3n) is 6.41. The minimum atomic E-state index is -1.21. The first kappa shape index (κ1) is 23.7. The summed E-state index contributed by atoms with van der Waals surface area (Å²) in [6.07, 6.45) is 2.88. The van der Waals surface area contributed by atoms with Crippen LogP contribution in [-0.2, 0) is 16.0 Å². The Morgan fingerprint density at radius 2 is 1.76 bits per heavy atom. The number of hydrogen-bond acceptors (Lipinski definition) is 3. The van der Waals surface area contributed by atoms with Crippen molar-refractivity contribution in [3.63, 3.8) is 0 Å². The van der Waals surface area contributed by atoms with E-state index < -0.39 is 18.3 Å². The minimum absolute atomic E-state index is 0.0110. The van der Waals surface area contributed by atoms with Crippen LogP contribution in [0.3, 0.4) is 0 Å². The lowest BCUT2D eigenvalue weighted by molar-refractivity contribution is -0.138. The number of aromatic nitrogens is 2. The maximum Gasteiger partial charge on any atom is 0.243 e. The number of rotatable bonds is 8. The van der Waals surface area contributed by atoms with Gasteiger partial charge in [0.25, 0.3) is 0 Å². The van der Waals surface area contributed by atoms with Crippen LogP contribution in [0.15, 0.2) is 67.0 Å². The molecular weight excluding hydrogens is 431 g/mol. The fourth-order valence-electron chi connectivity index (χ4n) is 4.43. The van der Waals surface area contributed by atoms with Crippen molar-refractivity contribution in [1.29, 1.82) is 0 Å². The summed E-state index contributed by atoms with van der Waals surface area (Å²) in [4.78, 5) is 27.7. The molecule has 2 amide bonds. The largest absolute Gasteiger partial charge is 0.343 e. The molecule has 6 nitrogen and oxygen atoms in total. The monoisotopic (exact) mass is 462 g/mol. The first-order chi connectivity index (χ1) is 16.4. The number of nitrogens with one attached hydrogen (secondary N) is 2. The van der Waals surface area contributed by atoms with Gasteiger partial charge in [0.2, 0.25) is 11.8 Å². The van der Waals surface area contributed by atoms with Gasteiger partial charge >= 0.3 is 0 Å². The fraction of sp³-hybridized carbons (Fsp3) is 0.370. The van der Waals surface area contributed by atoms with Crippen molar-refractivity contribution < 1.29 is 14.0 Å². The quantitative estimate of drug-likeness (QED) is 0.524. The predicted molar refractivity (Wildman–Crippen MR) is 129 cm³/mol. The zero-order valence-corrected chi connectivity index (χ0v) is 19.6. The number of amides is 2. The average Bonchev–Trinajstić information content (AvgIpc) is 3.51. The summed E-state index contributed by atoms with van der Waals surface area (Å²) in [5.41, 5.74) is 3.99. The number of alkyl halides is 1. The highest BCUT2D eigenvalue weighted by Crippen LogP contribution is 2.27. The van der Waals surface area contributed by atoms with Crippen LogP contribution in [0, 0.1) is 0 Å². The van der Waals surface area contributed by atoms with Crippen molar-refractivity contribution >= 4 is 11.8 Å². The normalized spacial score (nSPS) is 18.8. The Morgan fingerprint density at radius 3 is 2.41 bits per heavy atom. The van der Waals surface area contributed by atoms with Gasteiger partial charge in [-0.2, -0.15) is 5.10 Å². The lowest BCUT2D eigenvalue weighted by Gasteiger charge is -2.27. The molecule has 0 radical (unpaired) electrons. The summed E-state index contributed by atoms with van der Waals surface area (Å²) in [6, 6.07) is 16.7. The van der Waals surface area contributed by atoms with Crippen LogP contribution < -0.4 is 5.32 Å². The topological polar surface area (TPSA) is 78.1 Å². The number of hydrogen-bond donors (Lipinski definition) is 2. The fourth-order valence-corrected chi connectivity index (χ4v) is 4.43. The molecule has 1 fully saturated rings. The van der Waals surface area contributed by atoms with Gasteiger partial charge in [-0.3, -0.25) is 14.7 Å². The highest BCUT2D eigenvalue weighted by Gasteiger charge is 2.40. The molecule has 1 aliphatic heterocycles. The second-order valence-electron chi connectivity index (χ2n) is 9.18. The van der Waals surface area contributed by atoms with E-state index in [-0.39, 0.29) is 31.2 Å². The van der Waals surface area contributed by atoms with Crippen molar-refractivity contribution in [3.05, 3.63) is 89.2 Å². The van der Waals surface area contributed by atoms with Gasteiger partial charge in [0, 0.05) is 19.0 Å². The number of carbonyl (C=O) groups excluding carboxylic acids is 2. The van der Waals surface area contributed by atoms with Crippen molar-refractivity contribution in [2.45, 2.75) is 57.3 Å². The molecule has 0 spiro atoms. The second-order valence-corrected chi connectivity index (χ2v) is 9.18. The second kappa shape index (κ2) is 10.6. The minimum Gasteiger partial charge on any atom is -0.343 e. The van der Waals surface area contributed by atoms with Crippen LogP contribution in [0.5, 0.6) is 0 Å². The number of H-pyrrole nitrogens is 1. The molecule has 3 atom stereocenters. The molecule has 0 aliphatic carbocycles. The SMILES string of the molecule is CC(C)c1ccc(C(NC(=O)C2CC(F)CN2C(=O)CCc2cn[nH]c2)c2ccccc2)cc1. The predicted octanol–water partition coefficient (Wildman–Crippen LogP) is 4.31. The molecule has 2 heterocycles. The van der Waals surface area contributed by atoms with E-state index in [4.69, 9.17) is 0 Å². The van der Waals surface area contributed by atoms with E-state index in [0.717, 1.165) is 16.7 Å². The molecule has 2 N–H and O–H groups in total. The standard InChI is InChI=1S/C27H31FN4O2/c1-18(2)20-9-11-22(12-10-20)26(21-6-4-3-5-7-21)31-27(34)24-14-23(28)17-32(24)25(33)13-8-19-15-29-30-16-19/h3-7,9-12,15-16,18,23-24,26H,8,13-14,17H2,1-2H3,(H,29,30)(H,31,34). The van der Waals surface area contributed by atoms with Crippen LogP contribution in [0.1, 0.15) is 60.9 Å². The molecule has 0 saturated carbocycles. The number of likely N-dealkylation sites (tertiary alicyclic amines) is 1. The van der Waals surface area contributed by atoms with Gasteiger partial charge in [-0.1, -0.05) is 68.4 Å². The lowest BCUT2D eigenvalue weighted by Crippen LogP contribution is -2.47. The Morgan fingerprint density at radius 1 is 1.09 bits per heavy atom. The van der Waals surface area contributed by atoms with Crippen LogP contribution in [0.25, 0.3) is 0 Å². The number of carbonyl (C=O) groups is 2. The van der Waals surface area contributed by atoms with E-state index in [2.05, 4.69) is 41.5 Å². The zero-order chi connectivity index (χ0) is 24.1. The summed E-state index contributed by atoms with van der Waals surface area (Å²) < 4.78 is 14.4. The summed E-state index contributed by atoms with van der Waals surface area (Å²) in [5, 5.41) is 9.71. The molecule has 0 bridgehead atoms. The molecule has 4 rings (SSSR count). The Labute approximate surface area is 199 Å². The maximum atomic E-state index is 14.4. The molecule has 3 unspecified atom stereocenters. The van der Waals surface area contributed by atoms with Gasteiger partial charge in [-0.15, -0.1) is 0 Å². The van der Waals surface area contributed by atoms with Crippen LogP contribution in [0.2, 0.25) is 0 Å². The summed E-state index contributed by atoms with van der Waals surface area (Å²) >= 11 is 0. The van der Waals surface area contributed by atoms with Crippen molar-refractivity contribution in [2.24, 2.45) is 0 Å². The number of aromatic amines is 1. The Bertz CT molecular complexity index is 1080. The molecule has 178 valence electrons. The van der Waals surface area contributed by atoms with Crippen LogP contribution >= 0.6 is 0 Å². The molecule has 3 aromatic rings. The van der Waals surface area contributed by atoms with Gasteiger partial charge in [-0.05, 0) is 34.6 Å². The van der Waals surface area contributed by atoms with E-state index >= 15 is 0 Å². The molecule has 7 heteroatoms. The van der Waals surface area contributed by atoms with E-state index in [0.29, 0.717) is 12.3 Å². The van der Waals surface area contributed by atoms with Gasteiger partial charge in [0.1, 0.15) is 12.2 Å². The van der Waals surface area contributed by atoms with E-state index in [1.165, 1.54) is 10.5 Å². The first-order valence-corrected chi connectivity index (χ1v) is 11.8. The molecule has 1 saturated heterocycles. The number of halogens is 1. The number of aryl methyl sites for hydroxylation is 1. The Kier molecular flexibility index (Phi) is 7.40. The number of nitrogens with zero attached hydrogens (tertiary/aromatic N) is 2. The van der Waals surface area contributed by atoms with Gasteiger partial charge in [0.05, 0.1) is 18.8 Å². The average molecular weight is 463 g/mol. The smallest absolute Gasteiger partial charge is 0.243 e. The van der Waals surface area contributed by atoms with Crippen molar-refractivity contribution in [2.75, 3.05) is 6.54 Å². The molecular formula is C27H31FN4O2. The molecule has 1 aliphatic rings. The number of benzene rings is 2. The zero-order valence-electron chi connectivity index (χ0n) is 19.6. The highest BCUT2D eigenvalue weighted by atomic mass is 19.1. The first-order valence-electron chi connectivity index (χ1n) is 11.8. The highest BCUT2D eigenvalue weighted by molar-refractivity contribution is 5.89. The lowest BCUT2D eigenvalue weighted by atomic mass is 9.95. The maximum absolute atomic E-state index is 14.4. The third kappa shape index (κ3) is 5.53. The van der Waals surface area contributed by atoms with Crippen molar-refractivity contribution in [1.82, 2.24) is 20.4 Å². The van der Waals surface area contributed by atoms with E-state index in [9.17, 15) is 14.0 Å².